The van der Waals surface area contributed by atoms with Gasteiger partial charge in [-0.25, -0.2) is 0 Å². The van der Waals surface area contributed by atoms with E-state index in [-0.39, 0.29) is 12.0 Å². The highest BCUT2D eigenvalue weighted by atomic mass is 16.5. The Morgan fingerprint density at radius 2 is 1.95 bits per heavy atom. The van der Waals surface area contributed by atoms with Crippen molar-refractivity contribution in [2.24, 2.45) is 0 Å². The van der Waals surface area contributed by atoms with Gasteiger partial charge in [-0.05, 0) is 43.7 Å². The Hall–Kier alpha value is -1.28. The highest BCUT2D eigenvalue weighted by Crippen LogP contribution is 2.38. The van der Waals surface area contributed by atoms with E-state index in [1.165, 1.54) is 36.8 Å². The second-order valence-corrected chi connectivity index (χ2v) is 5.96. The summed E-state index contributed by atoms with van der Waals surface area (Å²) in [5.74, 6) is 1.15. The van der Waals surface area contributed by atoms with Gasteiger partial charge in [0.15, 0.2) is 0 Å². The molecule has 3 rings (SSSR count). The van der Waals surface area contributed by atoms with Crippen molar-refractivity contribution in [1.82, 2.24) is 0 Å². The fraction of sp³-hybridized carbons (Fsp3) is 0.556. The average molecular weight is 272 g/mol. The number of allylic oxidation sites excluding steroid dienone is 1. The first-order valence-corrected chi connectivity index (χ1v) is 7.95. The van der Waals surface area contributed by atoms with Crippen molar-refractivity contribution in [3.8, 4) is 5.75 Å². The van der Waals surface area contributed by atoms with E-state index in [9.17, 15) is 5.11 Å². The van der Waals surface area contributed by atoms with Gasteiger partial charge < -0.3 is 9.84 Å². The van der Waals surface area contributed by atoms with Crippen molar-refractivity contribution in [2.75, 3.05) is 6.61 Å². The molecule has 2 aliphatic rings. The van der Waals surface area contributed by atoms with Crippen LogP contribution in [0.25, 0.3) is 0 Å². The predicted molar refractivity (Wildman–Crippen MR) is 81.1 cm³/mol. The summed E-state index contributed by atoms with van der Waals surface area (Å²) in [5, 5.41) is 10.8. The molecule has 1 aromatic rings. The van der Waals surface area contributed by atoms with Crippen molar-refractivity contribution in [3.05, 3.63) is 41.5 Å². The molecule has 0 bridgehead atoms. The Morgan fingerprint density at radius 3 is 2.90 bits per heavy atom. The lowest BCUT2D eigenvalue weighted by Gasteiger charge is -2.31. The maximum atomic E-state index is 10.8. The van der Waals surface area contributed by atoms with Crippen LogP contribution in [0.2, 0.25) is 0 Å². The van der Waals surface area contributed by atoms with Crippen molar-refractivity contribution >= 4 is 0 Å². The maximum absolute atomic E-state index is 10.8. The van der Waals surface area contributed by atoms with Crippen LogP contribution in [0.15, 0.2) is 35.9 Å². The zero-order valence-corrected chi connectivity index (χ0v) is 12.1. The molecule has 1 N–H and O–H groups in total. The lowest BCUT2D eigenvalue weighted by molar-refractivity contribution is 0.140. The first kappa shape index (κ1) is 13.7. The number of benzene rings is 1. The summed E-state index contributed by atoms with van der Waals surface area (Å²) >= 11 is 0. The Kier molecular flexibility index (Phi) is 4.41. The van der Waals surface area contributed by atoms with Crippen molar-refractivity contribution in [3.63, 3.8) is 0 Å². The standard InChI is InChI=1S/C18H24O2/c19-18(14-8-4-2-1-3-5-9-14)16-12-13-20-17-11-7-6-10-15(16)17/h6-8,10-11,16,18-19H,1-5,9,12-13H2/b14-8+. The van der Waals surface area contributed by atoms with Gasteiger partial charge in [-0.3, -0.25) is 0 Å². The minimum absolute atomic E-state index is 0.200. The van der Waals surface area contributed by atoms with Crippen molar-refractivity contribution in [2.45, 2.75) is 57.0 Å². The zero-order valence-electron chi connectivity index (χ0n) is 12.1. The molecule has 0 radical (unpaired) electrons. The van der Waals surface area contributed by atoms with Gasteiger partial charge in [-0.1, -0.05) is 37.1 Å². The molecule has 2 atom stereocenters. The van der Waals surface area contributed by atoms with Gasteiger partial charge in [-0.2, -0.15) is 0 Å². The molecule has 0 saturated heterocycles. The number of rotatable bonds is 2. The van der Waals surface area contributed by atoms with Crippen LogP contribution < -0.4 is 4.74 Å². The number of hydrogen-bond acceptors (Lipinski definition) is 2. The first-order valence-electron chi connectivity index (χ1n) is 7.95. The number of aliphatic hydroxyl groups is 1. The molecular weight excluding hydrogens is 248 g/mol. The third-order valence-electron chi connectivity index (χ3n) is 4.59. The summed E-state index contributed by atoms with van der Waals surface area (Å²) in [6.45, 7) is 0.714. The predicted octanol–water partition coefficient (Wildman–Crippen LogP) is 4.19. The maximum Gasteiger partial charge on any atom is 0.122 e. The molecule has 2 unspecified atom stereocenters. The third kappa shape index (κ3) is 2.90. The second kappa shape index (κ2) is 6.45. The summed E-state index contributed by atoms with van der Waals surface area (Å²) in [7, 11) is 0. The number of ether oxygens (including phenoxy) is 1. The van der Waals surface area contributed by atoms with E-state index in [0.717, 1.165) is 25.0 Å². The Labute approximate surface area is 121 Å². The van der Waals surface area contributed by atoms with Gasteiger partial charge in [0.25, 0.3) is 0 Å². The topological polar surface area (TPSA) is 29.5 Å². The third-order valence-corrected chi connectivity index (χ3v) is 4.59. The smallest absolute Gasteiger partial charge is 0.122 e. The molecule has 0 spiro atoms. The van der Waals surface area contributed by atoms with Crippen LogP contribution >= 0.6 is 0 Å². The van der Waals surface area contributed by atoms with Gasteiger partial charge in [0.05, 0.1) is 12.7 Å². The monoisotopic (exact) mass is 272 g/mol. The molecule has 20 heavy (non-hydrogen) atoms. The molecule has 2 nitrogen and oxygen atoms in total. The molecule has 1 aliphatic carbocycles. The SMILES string of the molecule is OC(/C1=C/CCCCCC1)C1CCOc2ccccc21. The van der Waals surface area contributed by atoms with Crippen LogP contribution in [0.3, 0.4) is 0 Å². The van der Waals surface area contributed by atoms with Gasteiger partial charge >= 0.3 is 0 Å². The second-order valence-electron chi connectivity index (χ2n) is 5.96. The number of fused-ring (bicyclic) bond motifs is 1. The molecule has 1 aliphatic heterocycles. The summed E-state index contributed by atoms with van der Waals surface area (Å²) in [4.78, 5) is 0. The molecule has 108 valence electrons. The summed E-state index contributed by atoms with van der Waals surface area (Å²) < 4.78 is 5.71. The van der Waals surface area contributed by atoms with Gasteiger partial charge in [-0.15, -0.1) is 0 Å². The largest absolute Gasteiger partial charge is 0.493 e. The Morgan fingerprint density at radius 1 is 1.10 bits per heavy atom. The lowest BCUT2D eigenvalue weighted by Crippen LogP contribution is -2.27. The molecule has 2 heteroatoms. The van der Waals surface area contributed by atoms with Crippen molar-refractivity contribution < 1.29 is 9.84 Å². The quantitative estimate of drug-likeness (QED) is 0.818. The van der Waals surface area contributed by atoms with Crippen LogP contribution in [-0.4, -0.2) is 17.8 Å². The number of para-hydroxylation sites is 1. The highest BCUT2D eigenvalue weighted by molar-refractivity contribution is 5.39. The molecule has 0 saturated carbocycles. The van der Waals surface area contributed by atoms with Crippen LogP contribution in [0.1, 0.15) is 56.4 Å². The van der Waals surface area contributed by atoms with E-state index in [4.69, 9.17) is 4.74 Å². The fourth-order valence-electron chi connectivity index (χ4n) is 3.44. The van der Waals surface area contributed by atoms with Crippen LogP contribution in [-0.2, 0) is 0 Å². The minimum atomic E-state index is -0.335. The number of hydrogen-bond donors (Lipinski definition) is 1. The summed E-state index contributed by atoms with van der Waals surface area (Å²) in [5.41, 5.74) is 2.43. The highest BCUT2D eigenvalue weighted by Gasteiger charge is 2.29. The van der Waals surface area contributed by atoms with E-state index in [1.54, 1.807) is 0 Å². The van der Waals surface area contributed by atoms with Crippen LogP contribution in [0.4, 0.5) is 0 Å². The van der Waals surface area contributed by atoms with Crippen LogP contribution in [0, 0.1) is 0 Å². The van der Waals surface area contributed by atoms with E-state index in [0.29, 0.717) is 6.61 Å². The summed E-state index contributed by atoms with van der Waals surface area (Å²) in [6.07, 6.45) is 10.2. The van der Waals surface area contributed by atoms with Gasteiger partial charge in [0.1, 0.15) is 5.75 Å². The van der Waals surface area contributed by atoms with E-state index in [2.05, 4.69) is 12.1 Å². The van der Waals surface area contributed by atoms with E-state index in [1.807, 2.05) is 18.2 Å². The summed E-state index contributed by atoms with van der Waals surface area (Å²) in [6, 6.07) is 8.16. The number of aliphatic hydroxyl groups excluding tert-OH is 1. The van der Waals surface area contributed by atoms with Gasteiger partial charge in [0.2, 0.25) is 0 Å². The Bertz CT molecular complexity index is 478. The average Bonchev–Trinajstić information content (AvgIpc) is 2.46. The van der Waals surface area contributed by atoms with Crippen molar-refractivity contribution in [1.29, 1.82) is 0 Å². The molecule has 0 aromatic heterocycles. The van der Waals surface area contributed by atoms with Crippen LogP contribution in [0.5, 0.6) is 5.75 Å². The minimum Gasteiger partial charge on any atom is -0.493 e. The van der Waals surface area contributed by atoms with E-state index < -0.39 is 0 Å². The first-order chi connectivity index (χ1) is 9.86. The molecule has 0 fully saturated rings. The fourth-order valence-corrected chi connectivity index (χ4v) is 3.44. The molecule has 1 heterocycles. The van der Waals surface area contributed by atoms with E-state index >= 15 is 0 Å². The molecule has 0 amide bonds. The molecule has 1 aromatic carbocycles. The zero-order chi connectivity index (χ0) is 13.8. The lowest BCUT2D eigenvalue weighted by atomic mass is 9.82. The normalized spacial score (nSPS) is 27.2. The van der Waals surface area contributed by atoms with Gasteiger partial charge in [0, 0.05) is 11.5 Å². The Balaban J connectivity index is 1.81. The molecular formula is C18H24O2.